The van der Waals surface area contributed by atoms with Crippen molar-refractivity contribution in [2.24, 2.45) is 0 Å². The SMILES string of the molecule is CCCCC/C=C\C/C=C\C/C=C\C(CCCCCCCC(=O)O)OC(=O)CCCC. The number of carbonyl (C=O) groups excluding carboxylic acids is 1. The van der Waals surface area contributed by atoms with Crippen molar-refractivity contribution in [2.75, 3.05) is 0 Å². The van der Waals surface area contributed by atoms with Crippen LogP contribution in [-0.4, -0.2) is 23.1 Å². The van der Waals surface area contributed by atoms with Gasteiger partial charge in [-0.2, -0.15) is 0 Å². The van der Waals surface area contributed by atoms with E-state index in [0.29, 0.717) is 6.42 Å². The highest BCUT2D eigenvalue weighted by atomic mass is 16.5. The fourth-order valence-corrected chi connectivity index (χ4v) is 3.20. The van der Waals surface area contributed by atoms with Gasteiger partial charge >= 0.3 is 11.9 Å². The maximum atomic E-state index is 12.0. The number of hydrogen-bond acceptors (Lipinski definition) is 3. The Bertz CT molecular complexity index is 519. The van der Waals surface area contributed by atoms with Crippen LogP contribution < -0.4 is 0 Å². The second-order valence-corrected chi connectivity index (χ2v) is 8.17. The first-order chi connectivity index (χ1) is 15.1. The molecular weight excluding hydrogens is 388 g/mol. The predicted octanol–water partition coefficient (Wildman–Crippen LogP) is 7.93. The summed E-state index contributed by atoms with van der Waals surface area (Å²) in [7, 11) is 0. The van der Waals surface area contributed by atoms with E-state index in [9.17, 15) is 9.59 Å². The highest BCUT2D eigenvalue weighted by Gasteiger charge is 2.11. The van der Waals surface area contributed by atoms with Gasteiger partial charge in [0.25, 0.3) is 0 Å². The minimum absolute atomic E-state index is 0.110. The highest BCUT2D eigenvalue weighted by Crippen LogP contribution is 2.13. The van der Waals surface area contributed by atoms with E-state index < -0.39 is 5.97 Å². The summed E-state index contributed by atoms with van der Waals surface area (Å²) in [5.74, 6) is -0.831. The normalized spacial score (nSPS) is 12.8. The molecule has 1 N–H and O–H groups in total. The van der Waals surface area contributed by atoms with Gasteiger partial charge in [0.05, 0.1) is 0 Å². The van der Waals surface area contributed by atoms with Gasteiger partial charge in [-0.3, -0.25) is 9.59 Å². The molecule has 0 heterocycles. The van der Waals surface area contributed by atoms with Crippen LogP contribution >= 0.6 is 0 Å². The Morgan fingerprint density at radius 2 is 1.39 bits per heavy atom. The Kier molecular flexibility index (Phi) is 21.5. The van der Waals surface area contributed by atoms with Crippen LogP contribution in [0.25, 0.3) is 0 Å². The summed E-state index contributed by atoms with van der Waals surface area (Å²) < 4.78 is 5.66. The number of allylic oxidation sites excluding steroid dienone is 5. The first-order valence-electron chi connectivity index (χ1n) is 12.5. The van der Waals surface area contributed by atoms with E-state index in [1.54, 1.807) is 0 Å². The molecule has 0 saturated heterocycles. The van der Waals surface area contributed by atoms with Crippen LogP contribution in [-0.2, 0) is 14.3 Å². The number of esters is 1. The average Bonchev–Trinajstić information content (AvgIpc) is 2.74. The smallest absolute Gasteiger partial charge is 0.306 e. The molecule has 0 aromatic carbocycles. The first-order valence-corrected chi connectivity index (χ1v) is 12.5. The molecule has 0 saturated carbocycles. The molecule has 0 amide bonds. The van der Waals surface area contributed by atoms with Gasteiger partial charge in [0.15, 0.2) is 0 Å². The summed E-state index contributed by atoms with van der Waals surface area (Å²) in [6, 6.07) is 0. The maximum Gasteiger partial charge on any atom is 0.306 e. The number of carboxylic acid groups (broad SMARTS) is 1. The molecule has 0 spiro atoms. The van der Waals surface area contributed by atoms with Gasteiger partial charge in [0.1, 0.15) is 6.10 Å². The summed E-state index contributed by atoms with van der Waals surface area (Å²) >= 11 is 0. The molecule has 0 radical (unpaired) electrons. The van der Waals surface area contributed by atoms with Gasteiger partial charge in [0, 0.05) is 12.8 Å². The molecule has 0 aliphatic carbocycles. The van der Waals surface area contributed by atoms with Crippen molar-refractivity contribution in [3.8, 4) is 0 Å². The topological polar surface area (TPSA) is 63.6 Å². The lowest BCUT2D eigenvalue weighted by Gasteiger charge is -2.14. The van der Waals surface area contributed by atoms with E-state index in [-0.39, 0.29) is 18.5 Å². The zero-order chi connectivity index (χ0) is 23.0. The van der Waals surface area contributed by atoms with E-state index in [4.69, 9.17) is 9.84 Å². The van der Waals surface area contributed by atoms with Crippen molar-refractivity contribution in [3.63, 3.8) is 0 Å². The average molecular weight is 435 g/mol. The Morgan fingerprint density at radius 1 is 0.742 bits per heavy atom. The molecule has 0 rings (SSSR count). The van der Waals surface area contributed by atoms with Crippen molar-refractivity contribution in [1.82, 2.24) is 0 Å². The molecule has 0 aliphatic rings. The van der Waals surface area contributed by atoms with Crippen molar-refractivity contribution < 1.29 is 19.4 Å². The van der Waals surface area contributed by atoms with Crippen LogP contribution in [0, 0.1) is 0 Å². The third kappa shape index (κ3) is 22.7. The van der Waals surface area contributed by atoms with Gasteiger partial charge in [0.2, 0.25) is 0 Å². The monoisotopic (exact) mass is 434 g/mol. The molecule has 1 atom stereocenters. The molecule has 0 aliphatic heterocycles. The standard InChI is InChI=1S/C27H46O4/c1-3-5-7-8-9-10-11-12-13-15-18-21-25(31-27(30)24-6-4-2)22-19-16-14-17-20-23-26(28)29/h9-10,12-13,18,21,25H,3-8,11,14-17,19-20,22-24H2,1-2H3,(H,28,29)/b10-9-,13-12-,21-18-. The number of unbranched alkanes of at least 4 members (excludes halogenated alkanes) is 8. The lowest BCUT2D eigenvalue weighted by Crippen LogP contribution is -2.16. The van der Waals surface area contributed by atoms with Crippen LogP contribution in [0.3, 0.4) is 0 Å². The Hall–Kier alpha value is -1.84. The first kappa shape index (κ1) is 29.2. The molecule has 0 aromatic rings. The Balaban J connectivity index is 4.20. The quantitative estimate of drug-likeness (QED) is 0.113. The third-order valence-corrected chi connectivity index (χ3v) is 5.10. The zero-order valence-corrected chi connectivity index (χ0v) is 20.0. The molecule has 0 bridgehead atoms. The van der Waals surface area contributed by atoms with Crippen LogP contribution in [0.2, 0.25) is 0 Å². The molecule has 31 heavy (non-hydrogen) atoms. The maximum absolute atomic E-state index is 12.0. The molecule has 178 valence electrons. The van der Waals surface area contributed by atoms with Crippen LogP contribution in [0.1, 0.15) is 117 Å². The molecule has 0 aromatic heterocycles. The molecular formula is C27H46O4. The lowest BCUT2D eigenvalue weighted by molar-refractivity contribution is -0.147. The summed E-state index contributed by atoms with van der Waals surface area (Å²) in [4.78, 5) is 22.6. The van der Waals surface area contributed by atoms with Crippen LogP contribution in [0.4, 0.5) is 0 Å². The second kappa shape index (κ2) is 22.8. The van der Waals surface area contributed by atoms with Gasteiger partial charge in [-0.25, -0.2) is 0 Å². The van der Waals surface area contributed by atoms with Crippen molar-refractivity contribution >= 4 is 11.9 Å². The van der Waals surface area contributed by atoms with Gasteiger partial charge in [-0.05, 0) is 57.4 Å². The Labute approximate surface area is 190 Å². The number of carboxylic acids is 1. The van der Waals surface area contributed by atoms with E-state index >= 15 is 0 Å². The largest absolute Gasteiger partial charge is 0.481 e. The van der Waals surface area contributed by atoms with Gasteiger partial charge in [-0.15, -0.1) is 0 Å². The molecule has 4 nitrogen and oxygen atoms in total. The van der Waals surface area contributed by atoms with Crippen molar-refractivity contribution in [2.45, 2.75) is 123 Å². The molecule has 4 heteroatoms. The minimum Gasteiger partial charge on any atom is -0.481 e. The third-order valence-electron chi connectivity index (χ3n) is 5.10. The molecule has 1 unspecified atom stereocenters. The number of rotatable bonds is 21. The minimum atomic E-state index is -0.721. The summed E-state index contributed by atoms with van der Waals surface area (Å²) in [5, 5.41) is 8.67. The lowest BCUT2D eigenvalue weighted by atomic mass is 10.1. The number of ether oxygens (including phenoxy) is 1. The van der Waals surface area contributed by atoms with E-state index in [2.05, 4.69) is 44.2 Å². The van der Waals surface area contributed by atoms with Gasteiger partial charge < -0.3 is 9.84 Å². The second-order valence-electron chi connectivity index (χ2n) is 8.17. The van der Waals surface area contributed by atoms with E-state index in [1.807, 2.05) is 6.08 Å². The fourth-order valence-electron chi connectivity index (χ4n) is 3.20. The van der Waals surface area contributed by atoms with Crippen LogP contribution in [0.5, 0.6) is 0 Å². The van der Waals surface area contributed by atoms with Crippen LogP contribution in [0.15, 0.2) is 36.5 Å². The van der Waals surface area contributed by atoms with Crippen molar-refractivity contribution in [1.29, 1.82) is 0 Å². The zero-order valence-electron chi connectivity index (χ0n) is 20.0. The summed E-state index contributed by atoms with van der Waals surface area (Å²) in [6.45, 7) is 4.30. The van der Waals surface area contributed by atoms with E-state index in [1.165, 1.54) is 25.7 Å². The number of hydrogen-bond donors (Lipinski definition) is 1. The number of carbonyl (C=O) groups is 2. The predicted molar refractivity (Wildman–Crippen MR) is 130 cm³/mol. The van der Waals surface area contributed by atoms with E-state index in [0.717, 1.165) is 64.2 Å². The van der Waals surface area contributed by atoms with Crippen molar-refractivity contribution in [3.05, 3.63) is 36.5 Å². The van der Waals surface area contributed by atoms with Gasteiger partial charge in [-0.1, -0.05) is 82.8 Å². The summed E-state index contributed by atoms with van der Waals surface area (Å²) in [6.07, 6.45) is 27.8. The molecule has 0 fully saturated rings. The Morgan fingerprint density at radius 3 is 2.10 bits per heavy atom. The summed E-state index contributed by atoms with van der Waals surface area (Å²) in [5.41, 5.74) is 0. The fraction of sp³-hybridized carbons (Fsp3) is 0.704. The highest BCUT2D eigenvalue weighted by molar-refractivity contribution is 5.69. The number of aliphatic carboxylic acids is 1.